The molecule has 7 heteroatoms. The number of para-hydroxylation sites is 1. The molecule has 0 spiro atoms. The van der Waals surface area contributed by atoms with E-state index in [0.717, 1.165) is 0 Å². The van der Waals surface area contributed by atoms with Crippen LogP contribution in [0.15, 0.2) is 60.7 Å². The molecular formula is C17H22NO4PS. The highest BCUT2D eigenvalue weighted by molar-refractivity contribution is 7.91. The molecule has 0 heterocycles. The molecular weight excluding hydrogens is 345 g/mol. The van der Waals surface area contributed by atoms with E-state index in [0.29, 0.717) is 11.3 Å². The van der Waals surface area contributed by atoms with Gasteiger partial charge < -0.3 is 5.09 Å². The number of hydrogen-bond acceptors (Lipinski definition) is 4. The summed E-state index contributed by atoms with van der Waals surface area (Å²) in [4.78, 5) is 0. The molecule has 5 nitrogen and oxygen atoms in total. The lowest BCUT2D eigenvalue weighted by atomic mass is 10.2. The molecule has 0 amide bonds. The first-order chi connectivity index (χ1) is 11.1. The third kappa shape index (κ3) is 4.94. The van der Waals surface area contributed by atoms with E-state index in [2.05, 4.69) is 5.09 Å². The molecule has 0 aliphatic carbocycles. The second kappa shape index (κ2) is 7.09. The van der Waals surface area contributed by atoms with E-state index in [4.69, 9.17) is 3.97 Å². The third-order valence-corrected chi connectivity index (χ3v) is 8.09. The van der Waals surface area contributed by atoms with Crippen LogP contribution in [0.5, 0.6) is 0 Å². The monoisotopic (exact) mass is 367 g/mol. The van der Waals surface area contributed by atoms with Gasteiger partial charge in [0.05, 0.1) is 5.16 Å². The molecule has 1 N–H and O–H groups in total. The van der Waals surface area contributed by atoms with Gasteiger partial charge in [0, 0.05) is 5.69 Å². The van der Waals surface area contributed by atoms with E-state index in [1.54, 1.807) is 75.4 Å². The highest BCUT2D eigenvalue weighted by Crippen LogP contribution is 2.59. The topological polar surface area (TPSA) is 72.5 Å². The van der Waals surface area contributed by atoms with E-state index < -0.39 is 22.8 Å². The molecule has 130 valence electrons. The quantitative estimate of drug-likeness (QED) is 0.753. The van der Waals surface area contributed by atoms with Crippen LogP contribution in [-0.2, 0) is 24.4 Å². The molecule has 2 aromatic rings. The van der Waals surface area contributed by atoms with Crippen molar-refractivity contribution in [2.75, 3.05) is 5.09 Å². The van der Waals surface area contributed by atoms with Gasteiger partial charge in [-0.25, -0.2) is 0 Å². The van der Waals surface area contributed by atoms with Gasteiger partial charge in [0.25, 0.3) is 10.1 Å². The highest BCUT2D eigenvalue weighted by atomic mass is 32.2. The van der Waals surface area contributed by atoms with Crippen molar-refractivity contribution in [1.82, 2.24) is 0 Å². The van der Waals surface area contributed by atoms with Crippen LogP contribution in [0.4, 0.5) is 5.69 Å². The van der Waals surface area contributed by atoms with E-state index in [1.165, 1.54) is 0 Å². The fourth-order valence-corrected chi connectivity index (χ4v) is 5.90. The minimum Gasteiger partial charge on any atom is -0.314 e. The molecule has 0 aromatic heterocycles. The van der Waals surface area contributed by atoms with Crippen molar-refractivity contribution >= 4 is 23.3 Å². The molecule has 0 aliphatic heterocycles. The Bertz CT molecular complexity index is 815. The highest BCUT2D eigenvalue weighted by Gasteiger charge is 2.42. The predicted octanol–water partition coefficient (Wildman–Crippen LogP) is 4.64. The molecule has 0 saturated heterocycles. The van der Waals surface area contributed by atoms with Crippen molar-refractivity contribution in [1.29, 1.82) is 0 Å². The minimum atomic E-state index is -4.02. The lowest BCUT2D eigenvalue weighted by molar-refractivity contribution is 0.440. The third-order valence-electron chi connectivity index (χ3n) is 3.34. The first-order valence-corrected chi connectivity index (χ1v) is 10.7. The number of hydrogen-bond donors (Lipinski definition) is 1. The first-order valence-electron chi connectivity index (χ1n) is 7.53. The second-order valence-electron chi connectivity index (χ2n) is 6.46. The van der Waals surface area contributed by atoms with Crippen molar-refractivity contribution in [3.63, 3.8) is 0 Å². The number of rotatable bonds is 6. The number of nitrogens with one attached hydrogen (secondary N) is 1. The van der Waals surface area contributed by atoms with Crippen molar-refractivity contribution < 1.29 is 17.0 Å². The molecule has 0 saturated carbocycles. The minimum absolute atomic E-state index is 0.329. The van der Waals surface area contributed by atoms with E-state index >= 15 is 0 Å². The molecule has 1 atom stereocenters. The zero-order chi connectivity index (χ0) is 17.8. The van der Waals surface area contributed by atoms with Crippen molar-refractivity contribution in [2.24, 2.45) is 0 Å². The Kier molecular flexibility index (Phi) is 5.53. The summed E-state index contributed by atoms with van der Waals surface area (Å²) in [7, 11) is -7.74. The normalized spacial score (nSPS) is 14.8. The zero-order valence-electron chi connectivity index (χ0n) is 14.0. The van der Waals surface area contributed by atoms with Crippen molar-refractivity contribution in [3.05, 3.63) is 66.2 Å². The average Bonchev–Trinajstić information content (AvgIpc) is 2.46. The Labute approximate surface area is 143 Å². The number of anilines is 1. The molecule has 24 heavy (non-hydrogen) atoms. The molecule has 2 rings (SSSR count). The smallest absolute Gasteiger partial charge is 0.313 e. The summed E-state index contributed by atoms with van der Waals surface area (Å²) < 4.78 is 43.3. The summed E-state index contributed by atoms with van der Waals surface area (Å²) >= 11 is 0. The Morgan fingerprint density at radius 1 is 0.958 bits per heavy atom. The summed E-state index contributed by atoms with van der Waals surface area (Å²) in [6, 6.07) is 17.5. The summed E-state index contributed by atoms with van der Waals surface area (Å²) in [6.07, 6.45) is 0. The Balaban J connectivity index is 2.27. The maximum absolute atomic E-state index is 13.3. The SMILES string of the molecule is CC(C)(C)P(=O)(Nc1ccccc1)OS(=O)(=O)Cc1ccccc1. The van der Waals surface area contributed by atoms with Crippen LogP contribution in [0, 0.1) is 0 Å². The fourth-order valence-electron chi connectivity index (χ4n) is 1.95. The van der Waals surface area contributed by atoms with Crippen molar-refractivity contribution in [2.45, 2.75) is 31.7 Å². The van der Waals surface area contributed by atoms with E-state index in [9.17, 15) is 13.0 Å². The summed E-state index contributed by atoms with van der Waals surface area (Å²) in [5.74, 6) is -0.329. The maximum Gasteiger partial charge on any atom is 0.313 e. The second-order valence-corrected chi connectivity index (χ2v) is 11.1. The van der Waals surface area contributed by atoms with Gasteiger partial charge in [0.15, 0.2) is 0 Å². The lowest BCUT2D eigenvalue weighted by Crippen LogP contribution is -2.24. The molecule has 1 unspecified atom stereocenters. The van der Waals surface area contributed by atoms with Gasteiger partial charge in [-0.15, -0.1) is 0 Å². The average molecular weight is 367 g/mol. The molecule has 0 radical (unpaired) electrons. The van der Waals surface area contributed by atoms with Crippen LogP contribution in [0.1, 0.15) is 26.3 Å². The van der Waals surface area contributed by atoms with E-state index in [1.807, 2.05) is 6.07 Å². The summed E-state index contributed by atoms with van der Waals surface area (Å²) in [5, 5.41) is 1.90. The summed E-state index contributed by atoms with van der Waals surface area (Å²) in [5.41, 5.74) is 1.13. The fraction of sp³-hybridized carbons (Fsp3) is 0.294. The van der Waals surface area contributed by atoms with E-state index in [-0.39, 0.29) is 5.75 Å². The van der Waals surface area contributed by atoms with Gasteiger partial charge in [0.1, 0.15) is 5.75 Å². The molecule has 2 aromatic carbocycles. The van der Waals surface area contributed by atoms with Crippen molar-refractivity contribution in [3.8, 4) is 0 Å². The van der Waals surface area contributed by atoms with Gasteiger partial charge in [-0.1, -0.05) is 48.5 Å². The lowest BCUT2D eigenvalue weighted by Gasteiger charge is -2.30. The molecule has 0 bridgehead atoms. The van der Waals surface area contributed by atoms with Crippen LogP contribution in [0.3, 0.4) is 0 Å². The first kappa shape index (κ1) is 18.7. The van der Waals surface area contributed by atoms with Crippen LogP contribution >= 0.6 is 7.52 Å². The largest absolute Gasteiger partial charge is 0.314 e. The predicted molar refractivity (Wildman–Crippen MR) is 97.6 cm³/mol. The zero-order valence-corrected chi connectivity index (χ0v) is 15.7. The van der Waals surface area contributed by atoms with Gasteiger partial charge in [-0.2, -0.15) is 12.4 Å². The Morgan fingerprint density at radius 3 is 1.96 bits per heavy atom. The van der Waals surface area contributed by atoms with Gasteiger partial charge in [0.2, 0.25) is 0 Å². The van der Waals surface area contributed by atoms with Crippen LogP contribution in [-0.4, -0.2) is 13.6 Å². The van der Waals surface area contributed by atoms with Crippen LogP contribution in [0.2, 0.25) is 0 Å². The van der Waals surface area contributed by atoms with Crippen LogP contribution < -0.4 is 5.09 Å². The Morgan fingerprint density at radius 2 is 1.46 bits per heavy atom. The molecule has 0 fully saturated rings. The van der Waals surface area contributed by atoms with Crippen LogP contribution in [0.25, 0.3) is 0 Å². The summed E-state index contributed by atoms with van der Waals surface area (Å²) in [6.45, 7) is 5.05. The standard InChI is InChI=1S/C17H22NO4PS/c1-17(2,3)23(19,18-16-12-8-5-9-13-16)22-24(20,21)14-15-10-6-4-7-11-15/h4-13H,14H2,1-3H3,(H,18,19). The van der Waals surface area contributed by atoms with Gasteiger partial charge in [-0.05, 0) is 38.5 Å². The van der Waals surface area contributed by atoms with Gasteiger partial charge >= 0.3 is 7.52 Å². The molecule has 0 aliphatic rings. The number of benzene rings is 2. The van der Waals surface area contributed by atoms with Gasteiger partial charge in [-0.3, -0.25) is 4.57 Å². The maximum atomic E-state index is 13.3. The Hall–Kier alpha value is -1.62.